The molecule has 0 fully saturated rings. The molecule has 0 aliphatic heterocycles. The average molecular weight is 181 g/mol. The molecule has 0 aliphatic rings. The normalized spacial score (nSPS) is 12.8. The van der Waals surface area contributed by atoms with E-state index in [1.54, 1.807) is 7.05 Å². The Morgan fingerprint density at radius 3 is 2.23 bits per heavy atom. The van der Waals surface area contributed by atoms with Crippen LogP contribution in [0.25, 0.3) is 0 Å². The quantitative estimate of drug-likeness (QED) is 0.631. The molecule has 1 unspecified atom stereocenters. The van der Waals surface area contributed by atoms with Crippen molar-refractivity contribution in [2.45, 2.75) is 12.6 Å². The molecule has 13 heavy (non-hydrogen) atoms. The van der Waals surface area contributed by atoms with Gasteiger partial charge in [0.2, 0.25) is 0 Å². The lowest BCUT2D eigenvalue weighted by Crippen LogP contribution is -2.19. The van der Waals surface area contributed by atoms with Gasteiger partial charge in [0.15, 0.2) is 0 Å². The summed E-state index contributed by atoms with van der Waals surface area (Å²) in [5.41, 5.74) is 1.92. The van der Waals surface area contributed by atoms with Gasteiger partial charge in [-0.2, -0.15) is 0 Å². The van der Waals surface area contributed by atoms with Gasteiger partial charge >= 0.3 is 0 Å². The number of hydrogen-bond donors (Lipinski definition) is 3. The third-order valence-corrected chi connectivity index (χ3v) is 2.10. The topological polar surface area (TPSA) is 52.5 Å². The first kappa shape index (κ1) is 10.2. The van der Waals surface area contributed by atoms with Gasteiger partial charge in [-0.15, -0.1) is 0 Å². The summed E-state index contributed by atoms with van der Waals surface area (Å²) in [6, 6.07) is 7.50. The van der Waals surface area contributed by atoms with E-state index >= 15 is 0 Å². The molecule has 0 spiro atoms. The fourth-order valence-electron chi connectivity index (χ4n) is 1.22. The highest BCUT2D eigenvalue weighted by molar-refractivity contribution is 5.24. The van der Waals surface area contributed by atoms with Gasteiger partial charge in [0.05, 0.1) is 19.3 Å². The van der Waals surface area contributed by atoms with Crippen LogP contribution < -0.4 is 5.32 Å². The van der Waals surface area contributed by atoms with Crippen molar-refractivity contribution in [3.05, 3.63) is 35.4 Å². The van der Waals surface area contributed by atoms with Gasteiger partial charge in [0.1, 0.15) is 0 Å². The average Bonchev–Trinajstić information content (AvgIpc) is 2.21. The molecule has 0 amide bonds. The van der Waals surface area contributed by atoms with Gasteiger partial charge in [0.25, 0.3) is 0 Å². The number of nitrogens with one attached hydrogen (secondary N) is 1. The number of hydrogen-bond acceptors (Lipinski definition) is 3. The van der Waals surface area contributed by atoms with Crippen LogP contribution in [0.1, 0.15) is 17.2 Å². The first-order chi connectivity index (χ1) is 6.31. The fourth-order valence-corrected chi connectivity index (χ4v) is 1.22. The zero-order chi connectivity index (χ0) is 9.68. The number of benzene rings is 1. The first-order valence-corrected chi connectivity index (χ1v) is 4.29. The molecule has 0 aromatic heterocycles. The molecule has 3 N–H and O–H groups in total. The SMILES string of the molecule is CNC(CO)c1ccc(CO)cc1. The molecule has 0 heterocycles. The predicted octanol–water partition coefficient (Wildman–Crippen LogP) is 0.432. The van der Waals surface area contributed by atoms with Crippen molar-refractivity contribution in [2.75, 3.05) is 13.7 Å². The first-order valence-electron chi connectivity index (χ1n) is 4.29. The molecule has 3 nitrogen and oxygen atoms in total. The Hall–Kier alpha value is -0.900. The molecule has 1 aromatic rings. The van der Waals surface area contributed by atoms with Crippen LogP contribution in [0.2, 0.25) is 0 Å². The lowest BCUT2D eigenvalue weighted by atomic mass is 10.1. The van der Waals surface area contributed by atoms with Gasteiger partial charge in [-0.25, -0.2) is 0 Å². The zero-order valence-electron chi connectivity index (χ0n) is 7.70. The van der Waals surface area contributed by atoms with Crippen LogP contribution in [-0.4, -0.2) is 23.9 Å². The van der Waals surface area contributed by atoms with Crippen molar-refractivity contribution in [1.82, 2.24) is 5.32 Å². The number of aliphatic hydroxyl groups excluding tert-OH is 2. The Bertz CT molecular complexity index is 242. The van der Waals surface area contributed by atoms with Crippen LogP contribution >= 0.6 is 0 Å². The Morgan fingerprint density at radius 1 is 1.23 bits per heavy atom. The monoisotopic (exact) mass is 181 g/mol. The van der Waals surface area contributed by atoms with Crippen LogP contribution in [0.4, 0.5) is 0 Å². The maximum atomic E-state index is 8.99. The van der Waals surface area contributed by atoms with E-state index in [4.69, 9.17) is 10.2 Å². The van der Waals surface area contributed by atoms with Crippen LogP contribution in [0.15, 0.2) is 24.3 Å². The Kier molecular flexibility index (Phi) is 3.89. The standard InChI is InChI=1S/C10H15NO2/c1-11-10(7-13)9-4-2-8(6-12)3-5-9/h2-5,10-13H,6-7H2,1H3. The molecule has 1 aromatic carbocycles. The van der Waals surface area contributed by atoms with Crippen molar-refractivity contribution in [3.63, 3.8) is 0 Å². The van der Waals surface area contributed by atoms with Crippen LogP contribution in [-0.2, 0) is 6.61 Å². The highest BCUT2D eigenvalue weighted by Gasteiger charge is 2.06. The molecule has 3 heteroatoms. The molecule has 0 saturated carbocycles. The summed E-state index contributed by atoms with van der Waals surface area (Å²) in [5.74, 6) is 0. The van der Waals surface area contributed by atoms with Crippen LogP contribution in [0, 0.1) is 0 Å². The van der Waals surface area contributed by atoms with Crippen molar-refractivity contribution in [1.29, 1.82) is 0 Å². The Morgan fingerprint density at radius 2 is 1.85 bits per heavy atom. The minimum Gasteiger partial charge on any atom is -0.394 e. The van der Waals surface area contributed by atoms with Gasteiger partial charge < -0.3 is 15.5 Å². The van der Waals surface area contributed by atoms with E-state index in [0.717, 1.165) is 11.1 Å². The van der Waals surface area contributed by atoms with E-state index < -0.39 is 0 Å². The molecule has 0 saturated heterocycles. The van der Waals surface area contributed by atoms with E-state index in [9.17, 15) is 0 Å². The highest BCUT2D eigenvalue weighted by Crippen LogP contribution is 2.12. The van der Waals surface area contributed by atoms with E-state index in [1.165, 1.54) is 0 Å². The van der Waals surface area contributed by atoms with Crippen molar-refractivity contribution in [3.8, 4) is 0 Å². The largest absolute Gasteiger partial charge is 0.394 e. The van der Waals surface area contributed by atoms with Gasteiger partial charge in [-0.05, 0) is 18.2 Å². The van der Waals surface area contributed by atoms with E-state index in [0.29, 0.717) is 0 Å². The lowest BCUT2D eigenvalue weighted by Gasteiger charge is -2.13. The summed E-state index contributed by atoms with van der Waals surface area (Å²) in [6.07, 6.45) is 0. The third-order valence-electron chi connectivity index (χ3n) is 2.10. The lowest BCUT2D eigenvalue weighted by molar-refractivity contribution is 0.251. The molecule has 1 atom stereocenters. The number of likely N-dealkylation sites (N-methyl/N-ethyl adjacent to an activating group) is 1. The minimum absolute atomic E-state index is 0.0206. The van der Waals surface area contributed by atoms with Crippen LogP contribution in [0.3, 0.4) is 0 Å². The minimum atomic E-state index is -0.0206. The second kappa shape index (κ2) is 4.97. The second-order valence-electron chi connectivity index (χ2n) is 2.92. The van der Waals surface area contributed by atoms with E-state index in [-0.39, 0.29) is 19.3 Å². The van der Waals surface area contributed by atoms with Crippen molar-refractivity contribution >= 4 is 0 Å². The zero-order valence-corrected chi connectivity index (χ0v) is 7.70. The Labute approximate surface area is 78.0 Å². The van der Waals surface area contributed by atoms with Crippen molar-refractivity contribution in [2.24, 2.45) is 0 Å². The molecule has 0 radical (unpaired) electrons. The maximum Gasteiger partial charge on any atom is 0.0681 e. The van der Waals surface area contributed by atoms with E-state index in [2.05, 4.69) is 5.32 Å². The fraction of sp³-hybridized carbons (Fsp3) is 0.400. The molecule has 72 valence electrons. The van der Waals surface area contributed by atoms with Gasteiger partial charge in [0, 0.05) is 0 Å². The molecule has 0 bridgehead atoms. The summed E-state index contributed by atoms with van der Waals surface area (Å²) < 4.78 is 0. The second-order valence-corrected chi connectivity index (χ2v) is 2.92. The molecule has 1 rings (SSSR count). The maximum absolute atomic E-state index is 8.99. The summed E-state index contributed by atoms with van der Waals surface area (Å²) >= 11 is 0. The van der Waals surface area contributed by atoms with Gasteiger partial charge in [-0.1, -0.05) is 24.3 Å². The summed E-state index contributed by atoms with van der Waals surface area (Å²) in [5, 5.41) is 20.8. The van der Waals surface area contributed by atoms with Gasteiger partial charge in [-0.3, -0.25) is 0 Å². The van der Waals surface area contributed by atoms with Crippen LogP contribution in [0.5, 0.6) is 0 Å². The van der Waals surface area contributed by atoms with Crippen molar-refractivity contribution < 1.29 is 10.2 Å². The summed E-state index contributed by atoms with van der Waals surface area (Å²) in [4.78, 5) is 0. The molecular formula is C10H15NO2. The summed E-state index contributed by atoms with van der Waals surface area (Å²) in [6.45, 7) is 0.137. The number of aliphatic hydroxyl groups is 2. The molecular weight excluding hydrogens is 166 g/mol. The smallest absolute Gasteiger partial charge is 0.0681 e. The van der Waals surface area contributed by atoms with E-state index in [1.807, 2.05) is 24.3 Å². The number of rotatable bonds is 4. The Balaban J connectivity index is 2.78. The highest BCUT2D eigenvalue weighted by atomic mass is 16.3. The predicted molar refractivity (Wildman–Crippen MR) is 51.3 cm³/mol. The summed E-state index contributed by atoms with van der Waals surface area (Å²) in [7, 11) is 1.81. The third kappa shape index (κ3) is 2.52. The molecule has 0 aliphatic carbocycles.